The van der Waals surface area contributed by atoms with Crippen molar-refractivity contribution < 1.29 is 14.3 Å². The zero-order valence-corrected chi connectivity index (χ0v) is 12.4. The number of carbonyl (C=O) groups is 1. The van der Waals surface area contributed by atoms with Crippen LogP contribution in [0.3, 0.4) is 0 Å². The summed E-state index contributed by atoms with van der Waals surface area (Å²) in [5.41, 5.74) is 0. The number of carbonyl (C=O) groups excluding carboxylic acids is 1. The van der Waals surface area contributed by atoms with Gasteiger partial charge in [0.05, 0.1) is 19.3 Å². The first-order chi connectivity index (χ1) is 9.84. The van der Waals surface area contributed by atoms with Crippen molar-refractivity contribution in [1.29, 1.82) is 0 Å². The number of hydrogen-bond donors (Lipinski definition) is 2. The molecule has 20 heavy (non-hydrogen) atoms. The van der Waals surface area contributed by atoms with E-state index in [4.69, 9.17) is 9.47 Å². The Labute approximate surface area is 123 Å². The van der Waals surface area contributed by atoms with Crippen molar-refractivity contribution in [2.75, 3.05) is 32.9 Å². The maximum Gasteiger partial charge on any atom is 0.314 e. The fourth-order valence-electron chi connectivity index (χ4n) is 2.04. The Morgan fingerprint density at radius 1 is 1.45 bits per heavy atom. The highest BCUT2D eigenvalue weighted by Crippen LogP contribution is 2.11. The molecule has 0 bridgehead atoms. The van der Waals surface area contributed by atoms with Gasteiger partial charge in [-0.3, -0.25) is 0 Å². The van der Waals surface area contributed by atoms with Crippen LogP contribution in [0.1, 0.15) is 17.7 Å². The van der Waals surface area contributed by atoms with Gasteiger partial charge < -0.3 is 20.1 Å². The smallest absolute Gasteiger partial charge is 0.314 e. The van der Waals surface area contributed by atoms with Crippen LogP contribution in [-0.2, 0) is 15.9 Å². The third-order valence-corrected chi connectivity index (χ3v) is 4.03. The van der Waals surface area contributed by atoms with Crippen molar-refractivity contribution in [1.82, 2.24) is 10.6 Å². The Morgan fingerprint density at radius 3 is 3.10 bits per heavy atom. The molecule has 1 saturated heterocycles. The van der Waals surface area contributed by atoms with Crippen molar-refractivity contribution in [3.05, 3.63) is 22.4 Å². The molecule has 0 radical (unpaired) electrons. The summed E-state index contributed by atoms with van der Waals surface area (Å²) in [4.78, 5) is 12.8. The van der Waals surface area contributed by atoms with Crippen LogP contribution in [0.15, 0.2) is 17.5 Å². The molecule has 2 rings (SSSR count). The average Bonchev–Trinajstić information content (AvgIpc) is 3.11. The zero-order valence-electron chi connectivity index (χ0n) is 11.6. The second-order valence-electron chi connectivity index (χ2n) is 4.72. The minimum absolute atomic E-state index is 0.137. The van der Waals surface area contributed by atoms with Gasteiger partial charge in [-0.25, -0.2) is 4.79 Å². The van der Waals surface area contributed by atoms with Crippen LogP contribution in [0.5, 0.6) is 0 Å². The molecule has 1 aliphatic rings. The first-order valence-electron chi connectivity index (χ1n) is 7.08. The van der Waals surface area contributed by atoms with Gasteiger partial charge in [0, 0.05) is 24.6 Å². The summed E-state index contributed by atoms with van der Waals surface area (Å²) in [6.07, 6.45) is 3.32. The Hall–Kier alpha value is -1.11. The molecule has 0 saturated carbocycles. The lowest BCUT2D eigenvalue weighted by atomic mass is 10.2. The molecule has 1 aromatic rings. The Morgan fingerprint density at radius 2 is 2.35 bits per heavy atom. The molecule has 0 unspecified atom stereocenters. The predicted octanol–water partition coefficient (Wildman–Crippen LogP) is 1.79. The average molecular weight is 298 g/mol. The van der Waals surface area contributed by atoms with Gasteiger partial charge in [-0.2, -0.15) is 0 Å². The van der Waals surface area contributed by atoms with Gasteiger partial charge in [0.1, 0.15) is 0 Å². The number of ether oxygens (including phenoxy) is 2. The van der Waals surface area contributed by atoms with E-state index in [0.717, 1.165) is 25.9 Å². The molecule has 0 aromatic carbocycles. The molecule has 1 aliphatic heterocycles. The Balaban J connectivity index is 1.41. The summed E-state index contributed by atoms with van der Waals surface area (Å²) in [5, 5.41) is 7.65. The molecule has 0 spiro atoms. The van der Waals surface area contributed by atoms with Gasteiger partial charge in [-0.1, -0.05) is 6.07 Å². The first-order valence-corrected chi connectivity index (χ1v) is 7.96. The van der Waals surface area contributed by atoms with Crippen LogP contribution in [0.4, 0.5) is 4.79 Å². The fraction of sp³-hybridized carbons (Fsp3) is 0.643. The van der Waals surface area contributed by atoms with E-state index >= 15 is 0 Å². The molecular formula is C14H22N2O3S. The summed E-state index contributed by atoms with van der Waals surface area (Å²) >= 11 is 1.71. The van der Waals surface area contributed by atoms with Crippen LogP contribution in [0.25, 0.3) is 0 Å². The zero-order chi connectivity index (χ0) is 14.0. The van der Waals surface area contributed by atoms with E-state index in [1.807, 2.05) is 11.4 Å². The molecular weight excluding hydrogens is 276 g/mol. The van der Waals surface area contributed by atoms with Gasteiger partial charge >= 0.3 is 6.03 Å². The molecule has 5 nitrogen and oxygen atoms in total. The first kappa shape index (κ1) is 15.3. The maximum atomic E-state index is 11.5. The molecule has 1 fully saturated rings. The SMILES string of the molecule is O=C(NCCOC[C@@H]1CCCO1)NCCc1cccs1. The van der Waals surface area contributed by atoms with Crippen molar-refractivity contribution in [3.63, 3.8) is 0 Å². The normalized spacial score (nSPS) is 18.1. The lowest BCUT2D eigenvalue weighted by molar-refractivity contribution is 0.0188. The van der Waals surface area contributed by atoms with Crippen molar-refractivity contribution in [2.45, 2.75) is 25.4 Å². The second-order valence-corrected chi connectivity index (χ2v) is 5.75. The van der Waals surface area contributed by atoms with E-state index < -0.39 is 0 Å². The fourth-order valence-corrected chi connectivity index (χ4v) is 2.75. The highest BCUT2D eigenvalue weighted by Gasteiger charge is 2.14. The van der Waals surface area contributed by atoms with E-state index in [1.54, 1.807) is 11.3 Å². The summed E-state index contributed by atoms with van der Waals surface area (Å²) in [6.45, 7) is 3.18. The number of rotatable bonds is 8. The molecule has 2 N–H and O–H groups in total. The second kappa shape index (κ2) is 8.94. The summed E-state index contributed by atoms with van der Waals surface area (Å²) < 4.78 is 10.9. The van der Waals surface area contributed by atoms with Crippen LogP contribution >= 0.6 is 11.3 Å². The minimum Gasteiger partial charge on any atom is -0.377 e. The number of hydrogen-bond acceptors (Lipinski definition) is 4. The van der Waals surface area contributed by atoms with E-state index in [-0.39, 0.29) is 12.1 Å². The van der Waals surface area contributed by atoms with E-state index in [1.165, 1.54) is 4.88 Å². The Bertz CT molecular complexity index is 378. The summed E-state index contributed by atoms with van der Waals surface area (Å²) in [5.74, 6) is 0. The van der Waals surface area contributed by atoms with Crippen LogP contribution in [-0.4, -0.2) is 45.0 Å². The molecule has 0 aliphatic carbocycles. The Kier molecular flexibility index (Phi) is 6.83. The van der Waals surface area contributed by atoms with E-state index in [2.05, 4.69) is 16.7 Å². The summed E-state index contributed by atoms with van der Waals surface area (Å²) in [7, 11) is 0. The van der Waals surface area contributed by atoms with Crippen LogP contribution < -0.4 is 10.6 Å². The van der Waals surface area contributed by atoms with Gasteiger partial charge in [-0.05, 0) is 30.7 Å². The minimum atomic E-state index is -0.137. The van der Waals surface area contributed by atoms with E-state index in [0.29, 0.717) is 26.3 Å². The topological polar surface area (TPSA) is 59.6 Å². The third-order valence-electron chi connectivity index (χ3n) is 3.10. The lowest BCUT2D eigenvalue weighted by Gasteiger charge is -2.11. The molecule has 112 valence electrons. The number of nitrogens with one attached hydrogen (secondary N) is 2. The monoisotopic (exact) mass is 298 g/mol. The molecule has 1 atom stereocenters. The highest BCUT2D eigenvalue weighted by atomic mass is 32.1. The van der Waals surface area contributed by atoms with Gasteiger partial charge in [0.2, 0.25) is 0 Å². The van der Waals surface area contributed by atoms with Gasteiger partial charge in [-0.15, -0.1) is 11.3 Å². The quantitative estimate of drug-likeness (QED) is 0.719. The van der Waals surface area contributed by atoms with Crippen molar-refractivity contribution >= 4 is 17.4 Å². The molecule has 2 amide bonds. The lowest BCUT2D eigenvalue weighted by Crippen LogP contribution is -2.38. The standard InChI is InChI=1S/C14H22N2O3S/c17-14(15-6-5-13-4-2-10-20-13)16-7-9-18-11-12-3-1-8-19-12/h2,4,10,12H,1,3,5-9,11H2,(H2,15,16,17)/t12-/m0/s1. The van der Waals surface area contributed by atoms with Crippen LogP contribution in [0.2, 0.25) is 0 Å². The largest absolute Gasteiger partial charge is 0.377 e. The number of urea groups is 1. The third kappa shape index (κ3) is 5.90. The molecule has 1 aromatic heterocycles. The number of amides is 2. The van der Waals surface area contributed by atoms with E-state index in [9.17, 15) is 4.79 Å². The highest BCUT2D eigenvalue weighted by molar-refractivity contribution is 7.09. The maximum absolute atomic E-state index is 11.5. The van der Waals surface area contributed by atoms with Crippen molar-refractivity contribution in [2.24, 2.45) is 0 Å². The van der Waals surface area contributed by atoms with Gasteiger partial charge in [0.25, 0.3) is 0 Å². The number of thiophene rings is 1. The van der Waals surface area contributed by atoms with Crippen LogP contribution in [0, 0.1) is 0 Å². The molecule has 6 heteroatoms. The predicted molar refractivity (Wildman–Crippen MR) is 79.2 cm³/mol. The summed E-state index contributed by atoms with van der Waals surface area (Å²) in [6, 6.07) is 3.96. The molecule has 2 heterocycles. The van der Waals surface area contributed by atoms with Gasteiger partial charge in [0.15, 0.2) is 0 Å². The van der Waals surface area contributed by atoms with Crippen molar-refractivity contribution in [3.8, 4) is 0 Å².